The number of para-hydroxylation sites is 1. The van der Waals surface area contributed by atoms with E-state index in [0.29, 0.717) is 48.7 Å². The summed E-state index contributed by atoms with van der Waals surface area (Å²) in [6, 6.07) is -2.67. The summed E-state index contributed by atoms with van der Waals surface area (Å²) in [5, 5.41) is 48.4. The van der Waals surface area contributed by atoms with E-state index in [2.05, 4.69) is 42.2 Å². The predicted octanol–water partition coefficient (Wildman–Crippen LogP) is -3.04. The van der Waals surface area contributed by atoms with Gasteiger partial charge in [0.15, 0.2) is 0 Å². The van der Waals surface area contributed by atoms with Gasteiger partial charge in [-0.05, 0) is 69.2 Å². The first-order chi connectivity index (χ1) is 32.2. The summed E-state index contributed by atoms with van der Waals surface area (Å²) < 4.78 is 0. The number of fused-ring (bicyclic) bond motifs is 1. The number of aromatic nitrogens is 1. The lowest BCUT2D eigenvalue weighted by molar-refractivity contribution is -0.147. The summed E-state index contributed by atoms with van der Waals surface area (Å²) in [6.07, 6.45) is 1.03. The molecular weight excluding hydrogens is 895 g/mol. The van der Waals surface area contributed by atoms with Gasteiger partial charge in [-0.3, -0.25) is 47.9 Å². The Morgan fingerprint density at radius 1 is 0.735 bits per heavy atom. The van der Waals surface area contributed by atoms with Gasteiger partial charge in [0.2, 0.25) is 47.3 Å². The van der Waals surface area contributed by atoms with E-state index in [4.69, 9.17) is 16.6 Å². The number of aromatic amines is 1. The van der Waals surface area contributed by atoms with Crippen molar-refractivity contribution in [3.05, 3.63) is 36.0 Å². The highest BCUT2D eigenvalue weighted by atomic mass is 16.4. The maximum Gasteiger partial charge on any atom is 0.326 e. The Balaban J connectivity index is 1.87. The molecule has 0 aliphatic carbocycles. The fourth-order valence-corrected chi connectivity index (χ4v) is 7.29. The van der Waals surface area contributed by atoms with Crippen molar-refractivity contribution in [1.29, 1.82) is 0 Å². The topological polar surface area (TPSA) is 413 Å². The molecule has 3 rings (SSSR count). The largest absolute Gasteiger partial charge is 0.481 e. The first-order valence-corrected chi connectivity index (χ1v) is 22.3. The van der Waals surface area contributed by atoms with E-state index in [1.54, 1.807) is 44.3 Å². The van der Waals surface area contributed by atoms with E-state index in [9.17, 15) is 63.0 Å². The molecule has 1 fully saturated rings. The molecule has 2 heterocycles. The molecule has 0 radical (unpaired) electrons. The summed E-state index contributed by atoms with van der Waals surface area (Å²) in [5.41, 5.74) is 12.4. The summed E-state index contributed by atoms with van der Waals surface area (Å²) >= 11 is 0. The third-order valence-corrected chi connectivity index (χ3v) is 11.2. The van der Waals surface area contributed by atoms with Gasteiger partial charge in [-0.2, -0.15) is 0 Å². The van der Waals surface area contributed by atoms with E-state index in [1.807, 2.05) is 5.32 Å². The molecule has 2 aromatic rings. The standard InChI is InChI=1S/C43H63N11O14/c1-3-22(2)36(54-41(65)30(18-32(45)55)53-40(64)28(13-14-34(57)58)50-38(62)26-12-8-16-46-26)42(66)51-27(11-6-7-15-44)39(63)52-29(17-23-20-47-25-10-5-4-9-24(23)25)37(61)48-21-33(56)49-31(43(67)68)19-35(59)60/h4-5,9-10,20,22,26-31,36,46-47H,3,6-8,11-19,21,44H2,1-2H3,(H2,45,55)(H,48,61)(H,49,56)(H,50,62)(H,51,66)(H,52,63)(H,53,64)(H,54,65)(H,57,58)(H,59,60)(H,67,68)/t22-,26-,27-,28-,29-,30-,31-,36-/m0/s1. The van der Waals surface area contributed by atoms with Gasteiger partial charge in [0.25, 0.3) is 0 Å². The molecule has 25 heteroatoms. The number of carboxylic acids is 3. The van der Waals surface area contributed by atoms with Gasteiger partial charge < -0.3 is 74.3 Å². The molecule has 68 heavy (non-hydrogen) atoms. The maximum atomic E-state index is 14.2. The Hall–Kier alpha value is -7.15. The van der Waals surface area contributed by atoms with Crippen LogP contribution in [-0.4, -0.2) is 147 Å². The van der Waals surface area contributed by atoms with Crippen LogP contribution in [0.2, 0.25) is 0 Å². The number of nitrogens with one attached hydrogen (secondary N) is 9. The smallest absolute Gasteiger partial charge is 0.326 e. The van der Waals surface area contributed by atoms with Gasteiger partial charge in [0.1, 0.15) is 36.3 Å². The van der Waals surface area contributed by atoms with Crippen molar-refractivity contribution < 1.29 is 68.1 Å². The molecule has 25 nitrogen and oxygen atoms in total. The number of rotatable bonds is 30. The van der Waals surface area contributed by atoms with Crippen molar-refractivity contribution in [2.24, 2.45) is 17.4 Å². The first-order valence-electron chi connectivity index (χ1n) is 22.3. The van der Waals surface area contributed by atoms with Gasteiger partial charge in [-0.1, -0.05) is 38.5 Å². The van der Waals surface area contributed by atoms with Crippen molar-refractivity contribution in [3.8, 4) is 0 Å². The van der Waals surface area contributed by atoms with Crippen LogP contribution in [0.4, 0.5) is 0 Å². The summed E-state index contributed by atoms with van der Waals surface area (Å²) in [5.74, 6) is -12.3. The highest BCUT2D eigenvalue weighted by molar-refractivity contribution is 5.99. The van der Waals surface area contributed by atoms with E-state index >= 15 is 0 Å². The van der Waals surface area contributed by atoms with Crippen molar-refractivity contribution >= 4 is 76.1 Å². The molecular formula is C43H63N11O14. The van der Waals surface area contributed by atoms with Gasteiger partial charge in [0, 0.05) is 29.9 Å². The SMILES string of the molecule is CC[C@H](C)[C@H](NC(=O)[C@H](CC(N)=O)NC(=O)[C@H](CCC(=O)O)NC(=O)[C@@H]1CCCN1)C(=O)N[C@@H](CCCCN)C(=O)N[C@@H](Cc1c[nH]c2ccccc12)C(=O)NCC(=O)N[C@@H](CC(=O)O)C(=O)O. The Labute approximate surface area is 390 Å². The van der Waals surface area contributed by atoms with Gasteiger partial charge in [-0.15, -0.1) is 0 Å². The number of carbonyl (C=O) groups excluding carboxylic acids is 8. The number of benzene rings is 1. The number of H-pyrrole nitrogens is 1. The summed E-state index contributed by atoms with van der Waals surface area (Å²) in [4.78, 5) is 144. The van der Waals surface area contributed by atoms with Crippen LogP contribution in [0.3, 0.4) is 0 Å². The molecule has 16 N–H and O–H groups in total. The molecule has 1 aliphatic heterocycles. The zero-order chi connectivity index (χ0) is 50.5. The number of nitrogens with two attached hydrogens (primary N) is 2. The minimum atomic E-state index is -1.80. The number of unbranched alkanes of at least 4 members (excludes halogenated alkanes) is 1. The number of amides is 8. The normalized spacial score (nSPS) is 16.3. The summed E-state index contributed by atoms with van der Waals surface area (Å²) in [7, 11) is 0. The molecule has 8 amide bonds. The Morgan fingerprint density at radius 2 is 1.38 bits per heavy atom. The molecule has 1 saturated heterocycles. The zero-order valence-corrected chi connectivity index (χ0v) is 37.9. The van der Waals surface area contributed by atoms with Crippen molar-refractivity contribution in [3.63, 3.8) is 0 Å². The lowest BCUT2D eigenvalue weighted by Gasteiger charge is -2.29. The number of hydrogen-bond donors (Lipinski definition) is 14. The number of carbonyl (C=O) groups is 11. The highest BCUT2D eigenvalue weighted by Gasteiger charge is 2.36. The Kier molecular flexibility index (Phi) is 22.3. The molecule has 1 aliphatic rings. The molecule has 0 bridgehead atoms. The quantitative estimate of drug-likeness (QED) is 0.0346. The fraction of sp³-hybridized carbons (Fsp3) is 0.558. The minimum absolute atomic E-state index is 0.0138. The molecule has 1 aromatic heterocycles. The van der Waals surface area contributed by atoms with Crippen LogP contribution in [0.5, 0.6) is 0 Å². The highest BCUT2D eigenvalue weighted by Crippen LogP contribution is 2.20. The molecule has 8 atom stereocenters. The number of hydrogen-bond acceptors (Lipinski definition) is 13. The van der Waals surface area contributed by atoms with Crippen LogP contribution in [0.15, 0.2) is 30.5 Å². The second-order valence-corrected chi connectivity index (χ2v) is 16.5. The molecule has 0 saturated carbocycles. The number of aliphatic carboxylic acids is 3. The van der Waals surface area contributed by atoms with Gasteiger partial charge in [0.05, 0.1) is 25.4 Å². The van der Waals surface area contributed by atoms with E-state index in [0.717, 1.165) is 0 Å². The maximum absolute atomic E-state index is 14.2. The Bertz CT molecular complexity index is 2140. The van der Waals surface area contributed by atoms with Gasteiger partial charge in [-0.25, -0.2) is 4.79 Å². The predicted molar refractivity (Wildman–Crippen MR) is 241 cm³/mol. The minimum Gasteiger partial charge on any atom is -0.481 e. The lowest BCUT2D eigenvalue weighted by Crippen LogP contribution is -2.61. The average Bonchev–Trinajstić information content (AvgIpc) is 3.98. The second-order valence-electron chi connectivity index (χ2n) is 16.5. The van der Waals surface area contributed by atoms with Crippen LogP contribution in [0.25, 0.3) is 10.9 Å². The van der Waals surface area contributed by atoms with Crippen molar-refractivity contribution in [2.45, 2.75) is 127 Å². The first kappa shape index (κ1) is 55.2. The fourth-order valence-electron chi connectivity index (χ4n) is 7.29. The second kappa shape index (κ2) is 27.5. The van der Waals surface area contributed by atoms with Crippen LogP contribution in [0.1, 0.15) is 83.6 Å². The third-order valence-electron chi connectivity index (χ3n) is 11.2. The average molecular weight is 958 g/mol. The molecule has 0 spiro atoms. The van der Waals surface area contributed by atoms with Crippen LogP contribution in [0, 0.1) is 5.92 Å². The number of carboxylic acid groups (broad SMARTS) is 3. The van der Waals surface area contributed by atoms with Crippen LogP contribution >= 0.6 is 0 Å². The summed E-state index contributed by atoms with van der Waals surface area (Å²) in [6.45, 7) is 3.30. The zero-order valence-electron chi connectivity index (χ0n) is 37.9. The van der Waals surface area contributed by atoms with Crippen LogP contribution < -0.4 is 54.0 Å². The Morgan fingerprint density at radius 3 is 1.99 bits per heavy atom. The molecule has 0 unspecified atom stereocenters. The van der Waals surface area contributed by atoms with E-state index in [-0.39, 0.29) is 32.2 Å². The van der Waals surface area contributed by atoms with Crippen molar-refractivity contribution in [1.82, 2.24) is 47.5 Å². The number of primary amides is 1. The van der Waals surface area contributed by atoms with E-state index in [1.165, 1.54) is 0 Å². The van der Waals surface area contributed by atoms with E-state index < -0.39 is 139 Å². The van der Waals surface area contributed by atoms with Crippen molar-refractivity contribution in [2.75, 3.05) is 19.6 Å². The lowest BCUT2D eigenvalue weighted by atomic mass is 9.96. The monoisotopic (exact) mass is 957 g/mol. The third kappa shape index (κ3) is 17.9. The van der Waals surface area contributed by atoms with Crippen LogP contribution in [-0.2, 0) is 59.2 Å². The van der Waals surface area contributed by atoms with Gasteiger partial charge >= 0.3 is 17.9 Å². The molecule has 1 aromatic carbocycles. The molecule has 374 valence electrons.